The predicted molar refractivity (Wildman–Crippen MR) is 270 cm³/mol. The molecular formula is C60H50O15. The Labute approximate surface area is 428 Å². The van der Waals surface area contributed by atoms with E-state index in [-0.39, 0.29) is 74.7 Å². The summed E-state index contributed by atoms with van der Waals surface area (Å²) in [4.78, 5) is 15.2. The van der Waals surface area contributed by atoms with Gasteiger partial charge in [-0.15, -0.1) is 0 Å². The van der Waals surface area contributed by atoms with Crippen molar-refractivity contribution < 1.29 is 75.2 Å². The molecule has 8 aromatic rings. The summed E-state index contributed by atoms with van der Waals surface area (Å²) in [6.45, 7) is 0. The number of hydrogen-bond acceptors (Lipinski definition) is 15. The second kappa shape index (κ2) is 19.1. The number of phenolic OH excluding ortho intramolecular Hbond substituents is 11. The lowest BCUT2D eigenvalue weighted by Gasteiger charge is -2.40. The molecule has 0 amide bonds. The maximum absolute atomic E-state index is 15.2. The van der Waals surface area contributed by atoms with Crippen molar-refractivity contribution in [2.75, 3.05) is 0 Å². The van der Waals surface area contributed by atoms with E-state index in [1.165, 1.54) is 91.0 Å². The van der Waals surface area contributed by atoms with Gasteiger partial charge in [-0.3, -0.25) is 4.79 Å². The number of fused-ring (bicyclic) bond motifs is 3. The van der Waals surface area contributed by atoms with Crippen LogP contribution >= 0.6 is 0 Å². The molecule has 3 aliphatic heterocycles. The number of aromatic hydroxyl groups is 11. The third kappa shape index (κ3) is 8.91. The van der Waals surface area contributed by atoms with Gasteiger partial charge in [-0.25, -0.2) is 0 Å². The number of ether oxygens (including phenoxy) is 3. The monoisotopic (exact) mass is 1010 g/mol. The zero-order valence-corrected chi connectivity index (χ0v) is 39.6. The number of ketones is 1. The van der Waals surface area contributed by atoms with Gasteiger partial charge in [0.15, 0.2) is 5.78 Å². The van der Waals surface area contributed by atoms with Crippen molar-refractivity contribution in [3.05, 3.63) is 214 Å². The highest BCUT2D eigenvalue weighted by Gasteiger charge is 2.58. The standard InChI is InChI=1S/C60H50O15/c61-33-9-1-29(2-10-33)23-45-52(55(72)41-21-18-38(66)25-47(41)69)56(30-3-11-34(62)12-4-30)74-59(45)44-27-43(48(70)28-49(44)71)51(40-20-17-37(65)24-46(40)68)53-54-58(32-7-15-36(64)16-8-32)73-50-26-39(67)19-22-42(50)60(54)75-57(53)31-5-13-35(63)14-6-31/h1-22,24-28,45,51-54,56-71H,23H2/t45-,51+,52-,53+,54-,56+,57-,58-,59-,60+/m1/s1. The van der Waals surface area contributed by atoms with Crippen molar-refractivity contribution in [3.8, 4) is 69.0 Å². The third-order valence-electron chi connectivity index (χ3n) is 15.0. The Morgan fingerprint density at radius 2 is 0.907 bits per heavy atom. The lowest BCUT2D eigenvalue weighted by molar-refractivity contribution is -0.00737. The van der Waals surface area contributed by atoms with Gasteiger partial charge in [-0.1, -0.05) is 54.6 Å². The average Bonchev–Trinajstić information content (AvgIpc) is 3.98. The molecule has 0 radical (unpaired) electrons. The topological polar surface area (TPSA) is 267 Å². The molecule has 15 heteroatoms. The quantitative estimate of drug-likeness (QED) is 0.0538. The van der Waals surface area contributed by atoms with Gasteiger partial charge in [0.25, 0.3) is 0 Å². The molecule has 0 bridgehead atoms. The van der Waals surface area contributed by atoms with Gasteiger partial charge in [0.1, 0.15) is 75.1 Å². The number of carbonyl (C=O) groups excluding carboxylic acids is 1. The molecule has 3 heterocycles. The molecule has 0 aliphatic carbocycles. The average molecular weight is 1010 g/mol. The van der Waals surface area contributed by atoms with Crippen molar-refractivity contribution in [1.29, 1.82) is 0 Å². The van der Waals surface area contributed by atoms with Crippen molar-refractivity contribution in [1.82, 2.24) is 0 Å². The molecule has 11 N–H and O–H groups in total. The molecular weight excluding hydrogens is 961 g/mol. The molecule has 0 saturated carbocycles. The Hall–Kier alpha value is -9.05. The van der Waals surface area contributed by atoms with Crippen molar-refractivity contribution in [2.45, 2.75) is 42.9 Å². The Kier molecular flexibility index (Phi) is 12.3. The smallest absolute Gasteiger partial charge is 0.173 e. The molecule has 2 fully saturated rings. The summed E-state index contributed by atoms with van der Waals surface area (Å²) in [6.07, 6.45) is -4.82. The maximum Gasteiger partial charge on any atom is 0.173 e. The van der Waals surface area contributed by atoms with Crippen molar-refractivity contribution in [3.63, 3.8) is 0 Å². The van der Waals surface area contributed by atoms with E-state index in [1.807, 2.05) is 0 Å². The molecule has 8 aromatic carbocycles. The van der Waals surface area contributed by atoms with Gasteiger partial charge in [0, 0.05) is 70.2 Å². The van der Waals surface area contributed by atoms with E-state index in [1.54, 1.807) is 60.7 Å². The van der Waals surface area contributed by atoms with E-state index in [9.17, 15) is 56.2 Å². The maximum atomic E-state index is 15.2. The van der Waals surface area contributed by atoms with Gasteiger partial charge in [-0.05, 0) is 114 Å². The van der Waals surface area contributed by atoms with Gasteiger partial charge >= 0.3 is 0 Å². The number of carbonyl (C=O) groups is 1. The first-order valence-corrected chi connectivity index (χ1v) is 24.2. The highest BCUT2D eigenvalue weighted by atomic mass is 16.5. The molecule has 10 atom stereocenters. The van der Waals surface area contributed by atoms with Crippen LogP contribution in [0.2, 0.25) is 0 Å². The Bertz CT molecular complexity index is 3430. The second-order valence-corrected chi connectivity index (χ2v) is 19.5. The first-order valence-electron chi connectivity index (χ1n) is 24.2. The highest BCUT2D eigenvalue weighted by molar-refractivity contribution is 6.01. The van der Waals surface area contributed by atoms with Gasteiger partial charge in [-0.2, -0.15) is 0 Å². The molecule has 75 heavy (non-hydrogen) atoms. The highest BCUT2D eigenvalue weighted by Crippen LogP contribution is 2.65. The second-order valence-electron chi connectivity index (χ2n) is 19.5. The van der Waals surface area contributed by atoms with Gasteiger partial charge in [0.05, 0.1) is 35.9 Å². The zero-order chi connectivity index (χ0) is 52.4. The van der Waals surface area contributed by atoms with Crippen LogP contribution in [0.25, 0.3) is 0 Å². The van der Waals surface area contributed by atoms with E-state index >= 15 is 4.79 Å². The minimum absolute atomic E-state index is 0.00640. The molecule has 2 saturated heterocycles. The molecule has 0 spiro atoms. The number of rotatable bonds is 11. The van der Waals surface area contributed by atoms with Crippen LogP contribution < -0.4 is 4.74 Å². The summed E-state index contributed by atoms with van der Waals surface area (Å²) < 4.78 is 21.1. The fourth-order valence-electron chi connectivity index (χ4n) is 11.6. The number of Topliss-reactive ketones (excluding diaryl/α,β-unsaturated/α-hetero) is 1. The molecule has 380 valence electrons. The van der Waals surface area contributed by atoms with Crippen molar-refractivity contribution in [2.24, 2.45) is 23.7 Å². The fraction of sp³-hybridized carbons (Fsp3) is 0.183. The Morgan fingerprint density at radius 1 is 0.413 bits per heavy atom. The summed E-state index contributed by atoms with van der Waals surface area (Å²) in [5.74, 6) is -7.39. The minimum atomic E-state index is -1.19. The van der Waals surface area contributed by atoms with Crippen LogP contribution in [0.4, 0.5) is 0 Å². The molecule has 15 nitrogen and oxygen atoms in total. The molecule has 3 aliphatic rings. The molecule has 0 unspecified atom stereocenters. The molecule has 11 rings (SSSR count). The van der Waals surface area contributed by atoms with Crippen LogP contribution in [-0.4, -0.2) is 62.0 Å². The SMILES string of the molecule is O=C(c1ccc(O)cc1O)[C@H]1[C@@H](Cc2ccc(O)cc2)[C@@H](c2cc([C@H](c3ccc(O)cc3O)[C@H]3[C@@H]4[C@@H](c5ccc(O)cc5)Oc5cc(O)ccc5[C@@H]4O[C@@H]3c3ccc(O)cc3)c(O)cc2O)O[C@H]1c1ccc(O)cc1. The Balaban J connectivity index is 1.14. The van der Waals surface area contributed by atoms with Crippen LogP contribution in [0.1, 0.15) is 91.3 Å². The molecule has 0 aromatic heterocycles. The number of hydrogen-bond donors (Lipinski definition) is 11. The van der Waals surface area contributed by atoms with E-state index in [2.05, 4.69) is 0 Å². The zero-order valence-electron chi connectivity index (χ0n) is 39.6. The summed E-state index contributed by atoms with van der Waals surface area (Å²) in [6, 6.07) is 40.4. The van der Waals surface area contributed by atoms with Gasteiger partial charge in [0.2, 0.25) is 0 Å². The summed E-state index contributed by atoms with van der Waals surface area (Å²) in [5.41, 5.74) is 3.23. The summed E-state index contributed by atoms with van der Waals surface area (Å²) in [5, 5.41) is 121. The Morgan fingerprint density at radius 3 is 1.51 bits per heavy atom. The normalized spacial score (nSPS) is 23.2. The lowest BCUT2D eigenvalue weighted by atomic mass is 9.66. The van der Waals surface area contributed by atoms with Crippen molar-refractivity contribution >= 4 is 5.78 Å². The van der Waals surface area contributed by atoms with Crippen LogP contribution in [0, 0.1) is 23.7 Å². The fourth-order valence-corrected chi connectivity index (χ4v) is 11.6. The van der Waals surface area contributed by atoms with E-state index in [4.69, 9.17) is 14.2 Å². The lowest BCUT2D eigenvalue weighted by Crippen LogP contribution is -2.34. The minimum Gasteiger partial charge on any atom is -0.508 e. The van der Waals surface area contributed by atoms with Crippen LogP contribution in [0.3, 0.4) is 0 Å². The van der Waals surface area contributed by atoms with Gasteiger partial charge < -0.3 is 70.4 Å². The third-order valence-corrected chi connectivity index (χ3v) is 15.0. The first kappa shape index (κ1) is 48.2. The summed E-state index contributed by atoms with van der Waals surface area (Å²) >= 11 is 0. The van der Waals surface area contributed by atoms with Crippen LogP contribution in [0.5, 0.6) is 69.0 Å². The number of benzene rings is 8. The van der Waals surface area contributed by atoms with E-state index in [0.29, 0.717) is 33.6 Å². The van der Waals surface area contributed by atoms with Crippen LogP contribution in [0.15, 0.2) is 164 Å². The number of phenols is 11. The van der Waals surface area contributed by atoms with Crippen LogP contribution in [-0.2, 0) is 15.9 Å². The predicted octanol–water partition coefficient (Wildman–Crippen LogP) is 10.6. The van der Waals surface area contributed by atoms with E-state index in [0.717, 1.165) is 12.1 Å². The first-order chi connectivity index (χ1) is 36.1. The largest absolute Gasteiger partial charge is 0.508 e. The van der Waals surface area contributed by atoms with E-state index < -0.39 is 83.1 Å². The summed E-state index contributed by atoms with van der Waals surface area (Å²) in [7, 11) is 0.